The molecule has 0 spiro atoms. The van der Waals surface area contributed by atoms with Crippen molar-refractivity contribution in [3.8, 4) is 5.75 Å². The minimum Gasteiger partial charge on any atom is -0.493 e. The first-order chi connectivity index (χ1) is 9.21. The van der Waals surface area contributed by atoms with Crippen LogP contribution in [-0.2, 0) is 13.1 Å². The zero-order valence-corrected chi connectivity index (χ0v) is 11.1. The lowest BCUT2D eigenvalue weighted by atomic mass is 10.1. The molecule has 0 fully saturated rings. The highest BCUT2D eigenvalue weighted by Crippen LogP contribution is 2.21. The number of aryl methyl sites for hydroxylation is 1. The Hall–Kier alpha value is -2.14. The highest BCUT2D eigenvalue weighted by molar-refractivity contribution is 6.09. The molecule has 1 aromatic heterocycles. The standard InChI is InChI=1S/C14H17N3O2/c1-3-17-13(12(19-2)9-16-17)14(18)11-6-4-10(8-15)5-7-11/h4-7,9H,3,8,15H2,1-2H3. The molecule has 0 saturated carbocycles. The lowest BCUT2D eigenvalue weighted by molar-refractivity contribution is 0.102. The molecule has 1 heterocycles. The Kier molecular flexibility index (Phi) is 3.97. The molecular formula is C14H17N3O2. The van der Waals surface area contributed by atoms with Gasteiger partial charge in [0.2, 0.25) is 5.78 Å². The van der Waals surface area contributed by atoms with Crippen molar-refractivity contribution in [2.24, 2.45) is 5.73 Å². The van der Waals surface area contributed by atoms with Crippen LogP contribution in [0.25, 0.3) is 0 Å². The topological polar surface area (TPSA) is 70.1 Å². The molecule has 0 aliphatic heterocycles. The van der Waals surface area contributed by atoms with Crippen LogP contribution >= 0.6 is 0 Å². The van der Waals surface area contributed by atoms with Crippen LogP contribution in [0.2, 0.25) is 0 Å². The SMILES string of the molecule is CCn1ncc(OC)c1C(=O)c1ccc(CN)cc1. The van der Waals surface area contributed by atoms with Crippen molar-refractivity contribution < 1.29 is 9.53 Å². The molecule has 5 nitrogen and oxygen atoms in total. The quantitative estimate of drug-likeness (QED) is 0.828. The number of hydrogen-bond donors (Lipinski definition) is 1. The van der Waals surface area contributed by atoms with Crippen LogP contribution in [0.5, 0.6) is 5.75 Å². The summed E-state index contributed by atoms with van der Waals surface area (Å²) in [5.74, 6) is 0.398. The van der Waals surface area contributed by atoms with E-state index < -0.39 is 0 Å². The molecule has 0 aliphatic carbocycles. The summed E-state index contributed by atoms with van der Waals surface area (Å²) in [6.07, 6.45) is 1.56. The normalized spacial score (nSPS) is 10.5. The second-order valence-electron chi connectivity index (χ2n) is 4.11. The largest absolute Gasteiger partial charge is 0.493 e. The van der Waals surface area contributed by atoms with Crippen LogP contribution in [0.1, 0.15) is 28.5 Å². The van der Waals surface area contributed by atoms with Crippen molar-refractivity contribution in [3.63, 3.8) is 0 Å². The summed E-state index contributed by atoms with van der Waals surface area (Å²) in [6.45, 7) is 3.01. The van der Waals surface area contributed by atoms with Gasteiger partial charge in [-0.3, -0.25) is 9.48 Å². The van der Waals surface area contributed by atoms with Crippen molar-refractivity contribution in [2.75, 3.05) is 7.11 Å². The molecule has 0 radical (unpaired) electrons. The Morgan fingerprint density at radius 2 is 2.05 bits per heavy atom. The first kappa shape index (κ1) is 13.3. The summed E-state index contributed by atoms with van der Waals surface area (Å²) in [6, 6.07) is 7.26. The number of aromatic nitrogens is 2. The molecule has 100 valence electrons. The van der Waals surface area contributed by atoms with E-state index in [1.54, 1.807) is 23.0 Å². The summed E-state index contributed by atoms with van der Waals surface area (Å²) >= 11 is 0. The molecule has 0 unspecified atom stereocenters. The lowest BCUT2D eigenvalue weighted by Crippen LogP contribution is -2.12. The van der Waals surface area contributed by atoms with E-state index in [-0.39, 0.29) is 5.78 Å². The van der Waals surface area contributed by atoms with E-state index in [2.05, 4.69) is 5.10 Å². The summed E-state index contributed by atoms with van der Waals surface area (Å²) in [5, 5.41) is 4.14. The van der Waals surface area contributed by atoms with Crippen LogP contribution in [-0.4, -0.2) is 22.7 Å². The van der Waals surface area contributed by atoms with Crippen LogP contribution in [0.4, 0.5) is 0 Å². The summed E-state index contributed by atoms with van der Waals surface area (Å²) in [4.78, 5) is 12.5. The van der Waals surface area contributed by atoms with Crippen LogP contribution in [0.3, 0.4) is 0 Å². The van der Waals surface area contributed by atoms with Crippen molar-refractivity contribution in [1.29, 1.82) is 0 Å². The fraction of sp³-hybridized carbons (Fsp3) is 0.286. The minimum absolute atomic E-state index is 0.0974. The summed E-state index contributed by atoms with van der Waals surface area (Å²) < 4.78 is 6.83. The number of methoxy groups -OCH3 is 1. The van der Waals surface area contributed by atoms with Gasteiger partial charge < -0.3 is 10.5 Å². The third-order valence-corrected chi connectivity index (χ3v) is 2.99. The number of hydrogen-bond acceptors (Lipinski definition) is 4. The maximum atomic E-state index is 12.5. The lowest BCUT2D eigenvalue weighted by Gasteiger charge is -2.07. The molecule has 0 saturated heterocycles. The fourth-order valence-electron chi connectivity index (χ4n) is 1.92. The molecule has 0 amide bonds. The average Bonchev–Trinajstić information content (AvgIpc) is 2.89. The maximum absolute atomic E-state index is 12.5. The van der Waals surface area contributed by atoms with E-state index in [1.165, 1.54) is 7.11 Å². The zero-order valence-electron chi connectivity index (χ0n) is 11.1. The highest BCUT2D eigenvalue weighted by atomic mass is 16.5. The minimum atomic E-state index is -0.0974. The van der Waals surface area contributed by atoms with E-state index in [0.717, 1.165) is 5.56 Å². The molecule has 2 aromatic rings. The Bertz CT molecular complexity index is 551. The predicted octanol–water partition coefficient (Wildman–Crippen LogP) is 1.60. The number of rotatable bonds is 5. The molecule has 5 heteroatoms. The highest BCUT2D eigenvalue weighted by Gasteiger charge is 2.20. The number of ether oxygens (including phenoxy) is 1. The van der Waals surface area contributed by atoms with Crippen molar-refractivity contribution >= 4 is 5.78 Å². The van der Waals surface area contributed by atoms with Gasteiger partial charge in [-0.25, -0.2) is 0 Å². The van der Waals surface area contributed by atoms with Gasteiger partial charge >= 0.3 is 0 Å². The Labute approximate surface area is 112 Å². The summed E-state index contributed by atoms with van der Waals surface area (Å²) in [5.41, 5.74) is 7.62. The Balaban J connectivity index is 2.39. The first-order valence-electron chi connectivity index (χ1n) is 6.14. The van der Waals surface area contributed by atoms with Crippen molar-refractivity contribution in [2.45, 2.75) is 20.0 Å². The average molecular weight is 259 g/mol. The number of ketones is 1. The molecule has 0 bridgehead atoms. The van der Waals surface area contributed by atoms with Crippen molar-refractivity contribution in [3.05, 3.63) is 47.3 Å². The molecule has 1 aromatic carbocycles. The molecular weight excluding hydrogens is 242 g/mol. The van der Waals surface area contributed by atoms with Gasteiger partial charge in [0.05, 0.1) is 13.3 Å². The first-order valence-corrected chi connectivity index (χ1v) is 6.14. The zero-order chi connectivity index (χ0) is 13.8. The van der Waals surface area contributed by atoms with E-state index in [1.807, 2.05) is 19.1 Å². The number of carbonyl (C=O) groups excluding carboxylic acids is 1. The number of benzene rings is 1. The van der Waals surface area contributed by atoms with Crippen LogP contribution in [0, 0.1) is 0 Å². The van der Waals surface area contributed by atoms with E-state index in [4.69, 9.17) is 10.5 Å². The molecule has 2 N–H and O–H groups in total. The van der Waals surface area contributed by atoms with Gasteiger partial charge in [0.1, 0.15) is 0 Å². The molecule has 0 aliphatic rings. The van der Waals surface area contributed by atoms with Crippen LogP contribution < -0.4 is 10.5 Å². The molecule has 19 heavy (non-hydrogen) atoms. The number of carbonyl (C=O) groups is 1. The van der Waals surface area contributed by atoms with E-state index in [0.29, 0.717) is 30.1 Å². The third-order valence-electron chi connectivity index (χ3n) is 2.99. The second kappa shape index (κ2) is 5.67. The second-order valence-corrected chi connectivity index (χ2v) is 4.11. The van der Waals surface area contributed by atoms with Gasteiger partial charge in [-0.2, -0.15) is 5.10 Å². The van der Waals surface area contributed by atoms with Crippen LogP contribution in [0.15, 0.2) is 30.5 Å². The van der Waals surface area contributed by atoms with Gasteiger partial charge in [-0.1, -0.05) is 24.3 Å². The van der Waals surface area contributed by atoms with Gasteiger partial charge in [0.25, 0.3) is 0 Å². The molecule has 0 atom stereocenters. The summed E-state index contributed by atoms with van der Waals surface area (Å²) in [7, 11) is 1.53. The number of nitrogens with two attached hydrogens (primary N) is 1. The van der Waals surface area contributed by atoms with Gasteiger partial charge in [-0.15, -0.1) is 0 Å². The Morgan fingerprint density at radius 1 is 1.37 bits per heavy atom. The maximum Gasteiger partial charge on any atom is 0.214 e. The van der Waals surface area contributed by atoms with Crippen molar-refractivity contribution in [1.82, 2.24) is 9.78 Å². The van der Waals surface area contributed by atoms with E-state index >= 15 is 0 Å². The predicted molar refractivity (Wildman–Crippen MR) is 72.2 cm³/mol. The smallest absolute Gasteiger partial charge is 0.214 e. The van der Waals surface area contributed by atoms with E-state index in [9.17, 15) is 4.79 Å². The van der Waals surface area contributed by atoms with Gasteiger partial charge in [-0.05, 0) is 12.5 Å². The fourth-order valence-corrected chi connectivity index (χ4v) is 1.92. The third kappa shape index (κ3) is 2.51. The molecule has 2 rings (SSSR count). The monoisotopic (exact) mass is 259 g/mol. The number of nitrogens with zero attached hydrogens (tertiary/aromatic N) is 2. The Morgan fingerprint density at radius 3 is 2.58 bits per heavy atom. The van der Waals surface area contributed by atoms with Gasteiger partial charge in [0.15, 0.2) is 11.4 Å². The van der Waals surface area contributed by atoms with Gasteiger partial charge in [0, 0.05) is 18.7 Å².